The van der Waals surface area contributed by atoms with Gasteiger partial charge < -0.3 is 0 Å². The van der Waals surface area contributed by atoms with Gasteiger partial charge in [0.1, 0.15) is 5.82 Å². The minimum absolute atomic E-state index is 0.0738. The molecule has 0 aliphatic carbocycles. The second-order valence-corrected chi connectivity index (χ2v) is 3.56. The van der Waals surface area contributed by atoms with Crippen LogP contribution in [0.4, 0.5) is 4.39 Å². The summed E-state index contributed by atoms with van der Waals surface area (Å²) in [6.45, 7) is 2.48. The number of ketones is 1. The molecule has 1 aliphatic rings. The molecule has 0 aromatic heterocycles. The SMILES string of the molecule is O=C(CN1CCC1)c1ccc(F)cc1. The zero-order chi connectivity index (χ0) is 9.97. The van der Waals surface area contributed by atoms with Crippen molar-refractivity contribution in [1.82, 2.24) is 4.90 Å². The van der Waals surface area contributed by atoms with Gasteiger partial charge >= 0.3 is 0 Å². The van der Waals surface area contributed by atoms with Gasteiger partial charge in [-0.1, -0.05) is 0 Å². The highest BCUT2D eigenvalue weighted by Crippen LogP contribution is 2.09. The minimum Gasteiger partial charge on any atom is -0.296 e. The first-order valence-corrected chi connectivity index (χ1v) is 4.77. The standard InChI is InChI=1S/C11H12FNO/c12-10-4-2-9(3-5-10)11(14)8-13-6-1-7-13/h2-5H,1,6-8H2. The summed E-state index contributed by atoms with van der Waals surface area (Å²) in [5.41, 5.74) is 0.596. The number of rotatable bonds is 3. The molecule has 0 unspecified atom stereocenters. The van der Waals surface area contributed by atoms with Crippen LogP contribution in [0.2, 0.25) is 0 Å². The van der Waals surface area contributed by atoms with Crippen molar-refractivity contribution in [2.45, 2.75) is 6.42 Å². The molecule has 0 radical (unpaired) electrons. The Hall–Kier alpha value is -1.22. The number of nitrogens with zero attached hydrogens (tertiary/aromatic N) is 1. The van der Waals surface area contributed by atoms with Gasteiger partial charge in [-0.2, -0.15) is 0 Å². The van der Waals surface area contributed by atoms with E-state index < -0.39 is 0 Å². The molecule has 0 atom stereocenters. The average molecular weight is 193 g/mol. The highest BCUT2D eigenvalue weighted by molar-refractivity contribution is 5.97. The number of hydrogen-bond acceptors (Lipinski definition) is 2. The van der Waals surface area contributed by atoms with Gasteiger partial charge in [-0.15, -0.1) is 0 Å². The Labute approximate surface area is 82.3 Å². The number of halogens is 1. The number of carbonyl (C=O) groups excluding carboxylic acids is 1. The van der Waals surface area contributed by atoms with E-state index in [1.165, 1.54) is 30.7 Å². The quantitative estimate of drug-likeness (QED) is 0.681. The van der Waals surface area contributed by atoms with Crippen molar-refractivity contribution < 1.29 is 9.18 Å². The monoisotopic (exact) mass is 193 g/mol. The van der Waals surface area contributed by atoms with Crippen molar-refractivity contribution in [1.29, 1.82) is 0 Å². The van der Waals surface area contributed by atoms with Crippen LogP contribution in [0.15, 0.2) is 24.3 Å². The summed E-state index contributed by atoms with van der Waals surface area (Å²) in [7, 11) is 0. The first kappa shape index (κ1) is 9.34. The summed E-state index contributed by atoms with van der Waals surface area (Å²) in [6, 6.07) is 5.72. The molecule has 1 aliphatic heterocycles. The largest absolute Gasteiger partial charge is 0.296 e. The third-order valence-corrected chi connectivity index (χ3v) is 2.48. The zero-order valence-corrected chi connectivity index (χ0v) is 7.87. The normalized spacial score (nSPS) is 16.4. The van der Waals surface area contributed by atoms with Gasteiger partial charge in [-0.25, -0.2) is 4.39 Å². The first-order valence-electron chi connectivity index (χ1n) is 4.77. The van der Waals surface area contributed by atoms with Gasteiger partial charge in [-0.3, -0.25) is 9.69 Å². The lowest BCUT2D eigenvalue weighted by molar-refractivity contribution is 0.0875. The molecule has 0 saturated carbocycles. The molecule has 2 nitrogen and oxygen atoms in total. The highest BCUT2D eigenvalue weighted by atomic mass is 19.1. The maximum Gasteiger partial charge on any atom is 0.176 e. The molecule has 3 heteroatoms. The highest BCUT2D eigenvalue weighted by Gasteiger charge is 2.17. The fourth-order valence-electron chi connectivity index (χ4n) is 1.47. The van der Waals surface area contributed by atoms with Crippen molar-refractivity contribution in [3.05, 3.63) is 35.6 Å². The molecule has 0 N–H and O–H groups in total. The lowest BCUT2D eigenvalue weighted by Crippen LogP contribution is -2.40. The summed E-state index contributed by atoms with van der Waals surface area (Å²) >= 11 is 0. The number of carbonyl (C=O) groups is 1. The lowest BCUT2D eigenvalue weighted by atomic mass is 10.1. The Kier molecular flexibility index (Phi) is 2.59. The third kappa shape index (κ3) is 1.99. The van der Waals surface area contributed by atoms with Gasteiger partial charge in [0.25, 0.3) is 0 Å². The van der Waals surface area contributed by atoms with E-state index in [2.05, 4.69) is 4.90 Å². The molecular weight excluding hydrogens is 181 g/mol. The molecule has 1 aromatic rings. The summed E-state index contributed by atoms with van der Waals surface area (Å²) < 4.78 is 12.6. The van der Waals surface area contributed by atoms with Crippen molar-refractivity contribution in [2.24, 2.45) is 0 Å². The molecule has 2 rings (SSSR count). The van der Waals surface area contributed by atoms with Gasteiger partial charge in [0.05, 0.1) is 6.54 Å². The van der Waals surface area contributed by atoms with Gasteiger partial charge in [0, 0.05) is 5.56 Å². The Morgan fingerprint density at radius 1 is 1.29 bits per heavy atom. The number of Topliss-reactive ketones (excluding diaryl/α,β-unsaturated/α-hetero) is 1. The van der Waals surface area contributed by atoms with E-state index in [0.29, 0.717) is 12.1 Å². The van der Waals surface area contributed by atoms with Crippen LogP contribution in [0.5, 0.6) is 0 Å². The van der Waals surface area contributed by atoms with Crippen LogP contribution in [0.3, 0.4) is 0 Å². The second kappa shape index (κ2) is 3.88. The van der Waals surface area contributed by atoms with E-state index in [0.717, 1.165) is 13.1 Å². The molecule has 1 heterocycles. The van der Waals surface area contributed by atoms with E-state index in [1.807, 2.05) is 0 Å². The number of benzene rings is 1. The maximum atomic E-state index is 12.6. The van der Waals surface area contributed by atoms with Gasteiger partial charge in [0.15, 0.2) is 5.78 Å². The summed E-state index contributed by atoms with van der Waals surface area (Å²) in [5, 5.41) is 0. The minimum atomic E-state index is -0.300. The van der Waals surface area contributed by atoms with Crippen LogP contribution in [0.1, 0.15) is 16.8 Å². The summed E-state index contributed by atoms with van der Waals surface area (Å²) in [5.74, 6) is -0.227. The molecule has 0 amide bonds. The predicted octanol–water partition coefficient (Wildman–Crippen LogP) is 1.71. The Bertz CT molecular complexity index is 330. The van der Waals surface area contributed by atoms with E-state index in [1.54, 1.807) is 0 Å². The van der Waals surface area contributed by atoms with E-state index in [-0.39, 0.29) is 11.6 Å². The van der Waals surface area contributed by atoms with Crippen molar-refractivity contribution in [3.63, 3.8) is 0 Å². The van der Waals surface area contributed by atoms with Crippen LogP contribution in [0.25, 0.3) is 0 Å². The van der Waals surface area contributed by atoms with E-state index in [4.69, 9.17) is 0 Å². The van der Waals surface area contributed by atoms with E-state index in [9.17, 15) is 9.18 Å². The molecule has 1 saturated heterocycles. The third-order valence-electron chi connectivity index (χ3n) is 2.48. The lowest BCUT2D eigenvalue weighted by Gasteiger charge is -2.29. The Balaban J connectivity index is 1.99. The van der Waals surface area contributed by atoms with E-state index >= 15 is 0 Å². The maximum absolute atomic E-state index is 12.6. The smallest absolute Gasteiger partial charge is 0.176 e. The van der Waals surface area contributed by atoms with Crippen molar-refractivity contribution >= 4 is 5.78 Å². The van der Waals surface area contributed by atoms with Crippen LogP contribution in [-0.4, -0.2) is 30.3 Å². The first-order chi connectivity index (χ1) is 6.75. The molecule has 14 heavy (non-hydrogen) atoms. The summed E-state index contributed by atoms with van der Waals surface area (Å²) in [4.78, 5) is 13.7. The van der Waals surface area contributed by atoms with Crippen molar-refractivity contribution in [3.8, 4) is 0 Å². The zero-order valence-electron chi connectivity index (χ0n) is 7.87. The van der Waals surface area contributed by atoms with Crippen molar-refractivity contribution in [2.75, 3.05) is 19.6 Å². The van der Waals surface area contributed by atoms with Gasteiger partial charge in [0.2, 0.25) is 0 Å². The molecule has 74 valence electrons. The predicted molar refractivity (Wildman–Crippen MR) is 51.8 cm³/mol. The molecule has 1 fully saturated rings. The Morgan fingerprint density at radius 2 is 1.93 bits per heavy atom. The van der Waals surface area contributed by atoms with Crippen LogP contribution in [-0.2, 0) is 0 Å². The number of hydrogen-bond donors (Lipinski definition) is 0. The average Bonchev–Trinajstić information content (AvgIpc) is 2.12. The number of likely N-dealkylation sites (tertiary alicyclic amines) is 1. The molecule has 1 aromatic carbocycles. The molecule has 0 bridgehead atoms. The van der Waals surface area contributed by atoms with Crippen LogP contribution in [0, 0.1) is 5.82 Å². The van der Waals surface area contributed by atoms with Gasteiger partial charge in [-0.05, 0) is 43.8 Å². The summed E-state index contributed by atoms with van der Waals surface area (Å²) in [6.07, 6.45) is 1.18. The fraction of sp³-hybridized carbons (Fsp3) is 0.364. The fourth-order valence-corrected chi connectivity index (χ4v) is 1.47. The topological polar surface area (TPSA) is 20.3 Å². The van der Waals surface area contributed by atoms with Crippen LogP contribution >= 0.6 is 0 Å². The Morgan fingerprint density at radius 3 is 2.43 bits per heavy atom. The second-order valence-electron chi connectivity index (χ2n) is 3.56. The van der Waals surface area contributed by atoms with Crippen LogP contribution < -0.4 is 0 Å². The molecule has 0 spiro atoms. The molecular formula is C11H12FNO.